The predicted molar refractivity (Wildman–Crippen MR) is 107 cm³/mol. The molecule has 3 aromatic rings. The zero-order valence-corrected chi connectivity index (χ0v) is 16.7. The first-order valence-electron chi connectivity index (χ1n) is 8.17. The molecule has 2 aliphatic heterocycles. The molecule has 4 nitrogen and oxygen atoms in total. The number of rotatable bonds is 1. The molecule has 2 aliphatic rings. The van der Waals surface area contributed by atoms with Crippen molar-refractivity contribution in [2.45, 2.75) is 16.2 Å². The number of fused-ring (bicyclic) bond motifs is 5. The second kappa shape index (κ2) is 6.41. The number of ether oxygens (including phenoxy) is 1. The van der Waals surface area contributed by atoms with Crippen LogP contribution in [0, 0.1) is 5.92 Å². The smallest absolute Gasteiger partial charge is 0.316 e. The molecule has 2 aromatic carbocycles. The molecule has 27 heavy (non-hydrogen) atoms. The van der Waals surface area contributed by atoms with Crippen LogP contribution in [0.25, 0.3) is 0 Å². The van der Waals surface area contributed by atoms with E-state index in [1.165, 1.54) is 11.8 Å². The summed E-state index contributed by atoms with van der Waals surface area (Å²) in [6.07, 6.45) is 0. The Balaban J connectivity index is 1.74. The first-order chi connectivity index (χ1) is 13.0. The molecule has 0 amide bonds. The van der Waals surface area contributed by atoms with Crippen LogP contribution in [0.1, 0.15) is 27.2 Å². The summed E-state index contributed by atoms with van der Waals surface area (Å²) in [5.74, 6) is -0.533. The standard InChI is InChI=1S/C19H11Cl2NO3S2/c20-9-3-1-8(2-4-9)15-14-13(16-17(26-15)22-19(24)27-16)11-7-10(21)5-6-12(11)25-18(14)23/h1-7,13-15H,(H,22,24)/t13-,14-,15-/m1/s1. The van der Waals surface area contributed by atoms with Gasteiger partial charge in [-0.25, -0.2) is 0 Å². The first-order valence-corrected chi connectivity index (χ1v) is 10.6. The van der Waals surface area contributed by atoms with E-state index in [4.69, 9.17) is 27.9 Å². The molecule has 0 saturated heterocycles. The Morgan fingerprint density at radius 3 is 2.52 bits per heavy atom. The quantitative estimate of drug-likeness (QED) is 0.418. The monoisotopic (exact) mass is 435 g/mol. The highest BCUT2D eigenvalue weighted by Gasteiger charge is 2.49. The fourth-order valence-electron chi connectivity index (χ4n) is 3.71. The third-order valence-corrected chi connectivity index (χ3v) is 7.80. The molecule has 5 rings (SSSR count). The van der Waals surface area contributed by atoms with E-state index < -0.39 is 5.92 Å². The van der Waals surface area contributed by atoms with E-state index >= 15 is 0 Å². The lowest BCUT2D eigenvalue weighted by Gasteiger charge is -2.39. The van der Waals surface area contributed by atoms with Gasteiger partial charge in [-0.1, -0.05) is 58.4 Å². The molecule has 0 radical (unpaired) electrons. The van der Waals surface area contributed by atoms with Gasteiger partial charge in [0.2, 0.25) is 0 Å². The molecule has 0 fully saturated rings. The van der Waals surface area contributed by atoms with Crippen LogP contribution in [0.2, 0.25) is 10.0 Å². The minimum Gasteiger partial charge on any atom is -0.426 e. The number of esters is 1. The molecule has 0 bridgehead atoms. The second-order valence-electron chi connectivity index (χ2n) is 6.40. The summed E-state index contributed by atoms with van der Waals surface area (Å²) >= 11 is 14.9. The highest BCUT2D eigenvalue weighted by atomic mass is 35.5. The number of halogens is 2. The molecule has 0 unspecified atom stereocenters. The summed E-state index contributed by atoms with van der Waals surface area (Å²) in [6.45, 7) is 0. The SMILES string of the molecule is O=C1Oc2ccc(Cl)cc2[C@H]2c3sc(=O)[nH]c3S[C@H](c3ccc(Cl)cc3)[C@H]12. The maximum absolute atomic E-state index is 13.0. The minimum absolute atomic E-state index is 0.134. The number of benzene rings is 2. The van der Waals surface area contributed by atoms with Crippen molar-refractivity contribution in [3.63, 3.8) is 0 Å². The van der Waals surface area contributed by atoms with Gasteiger partial charge >= 0.3 is 10.8 Å². The second-order valence-corrected chi connectivity index (χ2v) is 9.44. The third-order valence-electron chi connectivity index (χ3n) is 4.84. The van der Waals surface area contributed by atoms with E-state index in [0.717, 1.165) is 32.4 Å². The van der Waals surface area contributed by atoms with E-state index in [0.29, 0.717) is 15.8 Å². The first kappa shape index (κ1) is 17.4. The summed E-state index contributed by atoms with van der Waals surface area (Å²) in [4.78, 5) is 28.7. The van der Waals surface area contributed by atoms with E-state index in [2.05, 4.69) is 4.98 Å². The van der Waals surface area contributed by atoms with Crippen LogP contribution in [0.4, 0.5) is 0 Å². The Labute approximate surface area is 172 Å². The number of aromatic nitrogens is 1. The highest BCUT2D eigenvalue weighted by Crippen LogP contribution is 2.58. The number of nitrogens with one attached hydrogen (secondary N) is 1. The lowest BCUT2D eigenvalue weighted by atomic mass is 9.78. The van der Waals surface area contributed by atoms with Crippen LogP contribution in [0.5, 0.6) is 5.75 Å². The van der Waals surface area contributed by atoms with E-state index in [1.54, 1.807) is 24.3 Å². The van der Waals surface area contributed by atoms with Gasteiger partial charge in [0.25, 0.3) is 0 Å². The molecular weight excluding hydrogens is 425 g/mol. The normalized spacial score (nSPS) is 23.2. The van der Waals surface area contributed by atoms with Gasteiger partial charge in [-0.3, -0.25) is 9.59 Å². The average molecular weight is 436 g/mol. The summed E-state index contributed by atoms with van der Waals surface area (Å²) in [6, 6.07) is 12.7. The fourth-order valence-corrected chi connectivity index (χ4v) is 6.60. The van der Waals surface area contributed by atoms with Crippen molar-refractivity contribution in [1.82, 2.24) is 4.98 Å². The average Bonchev–Trinajstić information content (AvgIpc) is 3.02. The number of hydrogen-bond acceptors (Lipinski definition) is 5. The Kier molecular flexibility index (Phi) is 4.13. The topological polar surface area (TPSA) is 59.2 Å². The Hall–Kier alpha value is -1.73. The van der Waals surface area contributed by atoms with Crippen LogP contribution in [0.3, 0.4) is 0 Å². The van der Waals surface area contributed by atoms with Gasteiger partial charge in [0, 0.05) is 26.4 Å². The van der Waals surface area contributed by atoms with Gasteiger partial charge in [-0.2, -0.15) is 0 Å². The van der Waals surface area contributed by atoms with Crippen LogP contribution >= 0.6 is 46.3 Å². The Morgan fingerprint density at radius 2 is 1.74 bits per heavy atom. The maximum atomic E-state index is 13.0. The minimum atomic E-state index is -0.457. The zero-order valence-electron chi connectivity index (χ0n) is 13.6. The van der Waals surface area contributed by atoms with Crippen LogP contribution in [-0.4, -0.2) is 11.0 Å². The summed E-state index contributed by atoms with van der Waals surface area (Å²) in [5.41, 5.74) is 1.79. The van der Waals surface area contributed by atoms with Crippen molar-refractivity contribution in [2.75, 3.05) is 0 Å². The number of thiazole rings is 1. The van der Waals surface area contributed by atoms with Crippen molar-refractivity contribution < 1.29 is 9.53 Å². The fraction of sp³-hybridized carbons (Fsp3) is 0.158. The van der Waals surface area contributed by atoms with Crippen molar-refractivity contribution in [2.24, 2.45) is 5.92 Å². The summed E-state index contributed by atoms with van der Waals surface area (Å²) in [7, 11) is 0. The van der Waals surface area contributed by atoms with E-state index in [9.17, 15) is 9.59 Å². The van der Waals surface area contributed by atoms with Gasteiger partial charge in [-0.05, 0) is 35.9 Å². The molecular formula is C19H11Cl2NO3S2. The maximum Gasteiger partial charge on any atom is 0.316 e. The van der Waals surface area contributed by atoms with Crippen LogP contribution < -0.4 is 9.61 Å². The number of aromatic amines is 1. The third kappa shape index (κ3) is 2.83. The molecule has 0 spiro atoms. The molecule has 1 N–H and O–H groups in total. The lowest BCUT2D eigenvalue weighted by Crippen LogP contribution is -2.37. The van der Waals surface area contributed by atoms with Gasteiger partial charge in [0.1, 0.15) is 5.75 Å². The van der Waals surface area contributed by atoms with Crippen LogP contribution in [-0.2, 0) is 4.79 Å². The zero-order chi connectivity index (χ0) is 18.7. The number of carbonyl (C=O) groups is 1. The number of carbonyl (C=O) groups excluding carboxylic acids is 1. The van der Waals surface area contributed by atoms with Gasteiger partial charge in [0.05, 0.1) is 16.2 Å². The Morgan fingerprint density at radius 1 is 1.00 bits per heavy atom. The number of thioether (sulfide) groups is 1. The largest absolute Gasteiger partial charge is 0.426 e. The summed E-state index contributed by atoms with van der Waals surface area (Å²) < 4.78 is 5.63. The molecule has 3 heterocycles. The number of H-pyrrole nitrogens is 1. The van der Waals surface area contributed by atoms with E-state index in [-0.39, 0.29) is 22.0 Å². The lowest BCUT2D eigenvalue weighted by molar-refractivity contribution is -0.140. The molecule has 0 saturated carbocycles. The predicted octanol–water partition coefficient (Wildman–Crippen LogP) is 5.26. The molecule has 3 atom stereocenters. The molecule has 8 heteroatoms. The summed E-state index contributed by atoms with van der Waals surface area (Å²) in [5, 5.41) is 1.79. The van der Waals surface area contributed by atoms with Crippen molar-refractivity contribution in [1.29, 1.82) is 0 Å². The van der Waals surface area contributed by atoms with Gasteiger partial charge < -0.3 is 9.72 Å². The van der Waals surface area contributed by atoms with Crippen molar-refractivity contribution in [3.05, 3.63) is 78.2 Å². The number of hydrogen-bond donors (Lipinski definition) is 1. The highest BCUT2D eigenvalue weighted by molar-refractivity contribution is 7.99. The Bertz CT molecular complexity index is 1120. The molecule has 0 aliphatic carbocycles. The van der Waals surface area contributed by atoms with Crippen LogP contribution in [0.15, 0.2) is 52.3 Å². The van der Waals surface area contributed by atoms with Gasteiger partial charge in [-0.15, -0.1) is 0 Å². The van der Waals surface area contributed by atoms with Gasteiger partial charge in [0.15, 0.2) is 0 Å². The van der Waals surface area contributed by atoms with E-state index in [1.807, 2.05) is 18.2 Å². The molecule has 136 valence electrons. The molecule has 1 aromatic heterocycles. The van der Waals surface area contributed by atoms with Crippen molar-refractivity contribution >= 4 is 52.3 Å². The van der Waals surface area contributed by atoms with Crippen molar-refractivity contribution in [3.8, 4) is 5.75 Å².